The van der Waals surface area contributed by atoms with Crippen LogP contribution in [0.4, 0.5) is 0 Å². The summed E-state index contributed by atoms with van der Waals surface area (Å²) in [5.41, 5.74) is 1.55. The van der Waals surface area contributed by atoms with Crippen LogP contribution in [0.3, 0.4) is 0 Å². The van der Waals surface area contributed by atoms with Crippen molar-refractivity contribution in [1.82, 2.24) is 14.5 Å². The number of nitrogens with zero attached hydrogens (tertiary/aromatic N) is 3. The molecule has 2 aromatic heterocycles. The van der Waals surface area contributed by atoms with Gasteiger partial charge in [0, 0.05) is 24.8 Å². The van der Waals surface area contributed by atoms with Gasteiger partial charge in [-0.1, -0.05) is 11.6 Å². The van der Waals surface area contributed by atoms with E-state index in [-0.39, 0.29) is 18.4 Å². The van der Waals surface area contributed by atoms with E-state index >= 15 is 0 Å². The zero-order chi connectivity index (χ0) is 16.4. The van der Waals surface area contributed by atoms with Gasteiger partial charge in [0.15, 0.2) is 0 Å². The van der Waals surface area contributed by atoms with Crippen LogP contribution in [-0.2, 0) is 19.0 Å². The van der Waals surface area contributed by atoms with E-state index < -0.39 is 0 Å². The number of fused-ring (bicyclic) bond motifs is 1. The van der Waals surface area contributed by atoms with Crippen LogP contribution < -0.4 is 0 Å². The molecule has 1 aliphatic rings. The van der Waals surface area contributed by atoms with Gasteiger partial charge in [-0.15, -0.1) is 11.6 Å². The first-order valence-corrected chi connectivity index (χ1v) is 9.29. The zero-order valence-corrected chi connectivity index (χ0v) is 15.4. The van der Waals surface area contributed by atoms with Gasteiger partial charge in [0.05, 0.1) is 12.0 Å². The summed E-state index contributed by atoms with van der Waals surface area (Å²) in [6.45, 7) is 0.417. The molecule has 0 radical (unpaired) electrons. The standard InChI is InChI=1S/C13H15Cl2N3O3S2/c1-23-19-5-9-8(21-22)2-10(20-9)18-4-7(3-14)11-12(15)16-6-17-13(11)18/h4,6,8-10,22H,2-3,5H2,1H3/t8-,9-,10-/m1/s1. The minimum Gasteiger partial charge on any atom is -0.349 e. The predicted octanol–water partition coefficient (Wildman–Crippen LogP) is 3.64. The fourth-order valence-electron chi connectivity index (χ4n) is 2.71. The molecule has 0 bridgehead atoms. The Morgan fingerprint density at radius 3 is 3.04 bits per heavy atom. The lowest BCUT2D eigenvalue weighted by molar-refractivity contribution is -0.0282. The van der Waals surface area contributed by atoms with Crippen molar-refractivity contribution in [2.75, 3.05) is 12.9 Å². The van der Waals surface area contributed by atoms with Crippen molar-refractivity contribution in [2.24, 2.45) is 0 Å². The van der Waals surface area contributed by atoms with E-state index in [0.717, 1.165) is 10.9 Å². The second-order valence-corrected chi connectivity index (χ2v) is 6.42. The summed E-state index contributed by atoms with van der Waals surface area (Å²) in [6.07, 6.45) is 5.16. The fourth-order valence-corrected chi connectivity index (χ4v) is 3.65. The van der Waals surface area contributed by atoms with Crippen molar-refractivity contribution in [3.8, 4) is 0 Å². The molecule has 0 aromatic carbocycles. The molecule has 3 heterocycles. The Balaban J connectivity index is 1.93. The third-order valence-corrected chi connectivity index (χ3v) is 4.98. The van der Waals surface area contributed by atoms with E-state index in [1.54, 1.807) is 0 Å². The summed E-state index contributed by atoms with van der Waals surface area (Å²) >= 11 is 17.4. The lowest BCUT2D eigenvalue weighted by atomic mass is 10.2. The molecule has 126 valence electrons. The summed E-state index contributed by atoms with van der Waals surface area (Å²) in [7, 11) is 0. The zero-order valence-electron chi connectivity index (χ0n) is 12.2. The smallest absolute Gasteiger partial charge is 0.147 e. The van der Waals surface area contributed by atoms with Crippen molar-refractivity contribution in [2.45, 2.75) is 30.7 Å². The maximum atomic E-state index is 6.19. The molecule has 3 atom stereocenters. The highest BCUT2D eigenvalue weighted by molar-refractivity contribution is 7.93. The molecule has 0 amide bonds. The van der Waals surface area contributed by atoms with Crippen LogP contribution in [0.1, 0.15) is 18.2 Å². The number of hydrogen-bond donors (Lipinski definition) is 1. The Morgan fingerprint density at radius 2 is 2.35 bits per heavy atom. The molecule has 6 nitrogen and oxygen atoms in total. The summed E-state index contributed by atoms with van der Waals surface area (Å²) in [4.78, 5) is 8.35. The Morgan fingerprint density at radius 1 is 1.52 bits per heavy atom. The van der Waals surface area contributed by atoms with E-state index in [1.807, 2.05) is 17.0 Å². The molecule has 0 N–H and O–H groups in total. The number of aromatic nitrogens is 3. The van der Waals surface area contributed by atoms with E-state index in [2.05, 4.69) is 22.9 Å². The minimum atomic E-state index is -0.256. The van der Waals surface area contributed by atoms with Crippen molar-refractivity contribution < 1.29 is 13.1 Å². The van der Waals surface area contributed by atoms with Crippen molar-refractivity contribution in [1.29, 1.82) is 0 Å². The number of rotatable bonds is 6. The number of thiol groups is 1. The average Bonchev–Trinajstić information content (AvgIpc) is 3.14. The van der Waals surface area contributed by atoms with E-state index in [0.29, 0.717) is 29.7 Å². The average molecular weight is 396 g/mol. The molecule has 0 unspecified atom stereocenters. The fraction of sp³-hybridized carbons (Fsp3) is 0.538. The largest absolute Gasteiger partial charge is 0.349 e. The molecule has 1 saturated heterocycles. The molecule has 1 fully saturated rings. The monoisotopic (exact) mass is 395 g/mol. The van der Waals surface area contributed by atoms with Gasteiger partial charge in [-0.3, -0.25) is 0 Å². The number of halogens is 2. The first-order chi connectivity index (χ1) is 11.2. The SMILES string of the molecule is CSOC[C@H]1O[C@@H](n2cc(CCl)c3c(Cl)ncnc32)C[C@H]1OS. The summed E-state index contributed by atoms with van der Waals surface area (Å²) in [5.74, 6) is 0.314. The Kier molecular flexibility index (Phi) is 5.95. The van der Waals surface area contributed by atoms with Gasteiger partial charge in [-0.2, -0.15) is 0 Å². The highest BCUT2D eigenvalue weighted by Crippen LogP contribution is 2.36. The van der Waals surface area contributed by atoms with Gasteiger partial charge in [0.1, 0.15) is 35.6 Å². The maximum absolute atomic E-state index is 6.19. The molecule has 0 aliphatic carbocycles. The summed E-state index contributed by atoms with van der Waals surface area (Å²) in [5, 5.41) is 1.13. The molecule has 10 heteroatoms. The number of ether oxygens (including phenoxy) is 1. The van der Waals surface area contributed by atoms with Crippen LogP contribution in [0.15, 0.2) is 12.5 Å². The molecule has 0 spiro atoms. The highest BCUT2D eigenvalue weighted by Gasteiger charge is 2.38. The second kappa shape index (κ2) is 7.77. The Hall–Kier alpha value is -0.220. The van der Waals surface area contributed by atoms with Crippen LogP contribution in [0.5, 0.6) is 0 Å². The lowest BCUT2D eigenvalue weighted by Crippen LogP contribution is -2.26. The van der Waals surface area contributed by atoms with Crippen LogP contribution in [0.25, 0.3) is 11.0 Å². The van der Waals surface area contributed by atoms with Crippen LogP contribution >= 0.6 is 48.2 Å². The topological polar surface area (TPSA) is 58.4 Å². The van der Waals surface area contributed by atoms with Crippen molar-refractivity contribution >= 4 is 59.2 Å². The van der Waals surface area contributed by atoms with E-state index in [1.165, 1.54) is 18.4 Å². The van der Waals surface area contributed by atoms with Crippen molar-refractivity contribution in [3.05, 3.63) is 23.2 Å². The van der Waals surface area contributed by atoms with Gasteiger partial charge in [0.25, 0.3) is 0 Å². The van der Waals surface area contributed by atoms with Crippen LogP contribution in [-0.4, -0.2) is 39.6 Å². The van der Waals surface area contributed by atoms with Crippen LogP contribution in [0.2, 0.25) is 5.15 Å². The number of hydrogen-bond acceptors (Lipinski definition) is 7. The molecular formula is C13H15Cl2N3O3S2. The summed E-state index contributed by atoms with van der Waals surface area (Å²) in [6, 6.07) is 0. The van der Waals surface area contributed by atoms with E-state index in [4.69, 9.17) is 36.3 Å². The van der Waals surface area contributed by atoms with Crippen molar-refractivity contribution in [3.63, 3.8) is 0 Å². The van der Waals surface area contributed by atoms with Crippen LogP contribution in [0, 0.1) is 0 Å². The summed E-state index contributed by atoms with van der Waals surface area (Å²) < 4.78 is 18.6. The molecule has 1 aliphatic heterocycles. The lowest BCUT2D eigenvalue weighted by Gasteiger charge is -2.16. The van der Waals surface area contributed by atoms with Gasteiger partial charge < -0.3 is 17.7 Å². The highest BCUT2D eigenvalue weighted by atomic mass is 35.5. The minimum absolute atomic E-state index is 0.176. The van der Waals surface area contributed by atoms with E-state index in [9.17, 15) is 0 Å². The quantitative estimate of drug-likeness (QED) is 0.348. The normalized spacial score (nSPS) is 24.6. The third kappa shape index (κ3) is 3.44. The molecule has 23 heavy (non-hydrogen) atoms. The Labute approximate surface area is 153 Å². The van der Waals surface area contributed by atoms with Gasteiger partial charge in [-0.25, -0.2) is 9.97 Å². The molecule has 2 aromatic rings. The van der Waals surface area contributed by atoms with Gasteiger partial charge >= 0.3 is 0 Å². The Bertz CT molecular complexity index is 688. The molecule has 0 saturated carbocycles. The predicted molar refractivity (Wildman–Crippen MR) is 93.9 cm³/mol. The number of alkyl halides is 1. The van der Waals surface area contributed by atoms with Gasteiger partial charge in [0.2, 0.25) is 0 Å². The van der Waals surface area contributed by atoms with Gasteiger partial charge in [-0.05, 0) is 30.5 Å². The molecular weight excluding hydrogens is 381 g/mol. The maximum Gasteiger partial charge on any atom is 0.147 e. The molecule has 3 rings (SSSR count). The first-order valence-electron chi connectivity index (χ1n) is 6.86. The first kappa shape index (κ1) is 17.6. The second-order valence-electron chi connectivity index (χ2n) is 5.02. The third-order valence-electron chi connectivity index (χ3n) is 3.76.